The van der Waals surface area contributed by atoms with Crippen molar-refractivity contribution in [1.82, 2.24) is 20.0 Å². The summed E-state index contributed by atoms with van der Waals surface area (Å²) in [4.78, 5) is 48.2. The highest BCUT2D eigenvalue weighted by Gasteiger charge is 2.42. The highest BCUT2D eigenvalue weighted by Crippen LogP contribution is 2.43. The molecule has 3 aliphatic heterocycles. The van der Waals surface area contributed by atoms with Gasteiger partial charge in [-0.05, 0) is 255 Å². The van der Waals surface area contributed by atoms with E-state index in [1.165, 1.54) is 91.2 Å². The van der Waals surface area contributed by atoms with Gasteiger partial charge in [0.15, 0.2) is 29.5 Å². The SMILES string of the molecule is NC(CCC(=O)CCCOCCOCCOCCCS(=O)(=O)c1ccc(O[C@H]2c3ccccc3CC2N2CCCCC2)cc1)(CCC(=O)CCCOCCOCCOCCCS(=O)(=O)c1ccc(O[C@H]2c3ccccc3C[C@@H]2N2CCCCC2)cc1)CCC(=O)NCCOCCOCCOCCCS(=O)(=O)c1ccc(O[C@H]2c3ccccc3C[C@@H]2N2CCCCC2)cc1. The average molecular weight is 1830 g/mol. The van der Waals surface area contributed by atoms with Crippen molar-refractivity contribution in [1.29, 1.82) is 0 Å². The Morgan fingerprint density at radius 1 is 0.320 bits per heavy atom. The van der Waals surface area contributed by atoms with E-state index in [9.17, 15) is 39.6 Å². The van der Waals surface area contributed by atoms with Crippen LogP contribution >= 0.6 is 0 Å². The van der Waals surface area contributed by atoms with Crippen LogP contribution in [0.25, 0.3) is 0 Å². The van der Waals surface area contributed by atoms with Crippen LogP contribution in [-0.2, 0) is 106 Å². The molecule has 1 amide bonds. The molecule has 6 aromatic carbocycles. The summed E-state index contributed by atoms with van der Waals surface area (Å²) in [6.45, 7) is 12.0. The van der Waals surface area contributed by atoms with Crippen LogP contribution in [0.2, 0.25) is 0 Å². The Morgan fingerprint density at radius 2 is 0.586 bits per heavy atom. The molecule has 3 aliphatic carbocycles. The summed E-state index contributed by atoms with van der Waals surface area (Å²) in [5, 5.41) is 2.88. The molecule has 6 aromatic rings. The van der Waals surface area contributed by atoms with Crippen molar-refractivity contribution in [2.24, 2.45) is 5.73 Å². The molecule has 0 aromatic heterocycles. The predicted octanol–water partition coefficient (Wildman–Crippen LogP) is 13.2. The zero-order chi connectivity index (χ0) is 89.5. The number of nitrogens with one attached hydrogen (secondary N) is 1. The van der Waals surface area contributed by atoms with E-state index in [4.69, 9.17) is 62.6 Å². The number of nitrogens with two attached hydrogens (primary N) is 1. The lowest BCUT2D eigenvalue weighted by Gasteiger charge is -2.35. The largest absolute Gasteiger partial charge is 0.484 e. The number of amides is 1. The second kappa shape index (κ2) is 52.9. The van der Waals surface area contributed by atoms with Gasteiger partial charge in [0, 0.05) is 77.2 Å². The van der Waals surface area contributed by atoms with E-state index in [1.54, 1.807) is 72.8 Å². The zero-order valence-corrected chi connectivity index (χ0v) is 77.5. The first-order valence-corrected chi connectivity index (χ1v) is 52.1. The highest BCUT2D eigenvalue weighted by molar-refractivity contribution is 7.92. The van der Waals surface area contributed by atoms with Gasteiger partial charge in [0.05, 0.1) is 136 Å². The molecule has 3 heterocycles. The van der Waals surface area contributed by atoms with Crippen molar-refractivity contribution >= 4 is 47.0 Å². The van der Waals surface area contributed by atoms with E-state index < -0.39 is 35.1 Å². The third-order valence-corrected chi connectivity index (χ3v) is 30.8. The lowest BCUT2D eigenvalue weighted by molar-refractivity contribution is -0.121. The van der Waals surface area contributed by atoms with Gasteiger partial charge in [-0.25, -0.2) is 25.3 Å². The first-order chi connectivity index (χ1) is 62.4. The van der Waals surface area contributed by atoms with Gasteiger partial charge in [-0.3, -0.25) is 29.1 Å². The highest BCUT2D eigenvalue weighted by atomic mass is 32.2. The van der Waals surface area contributed by atoms with Crippen molar-refractivity contribution in [2.75, 3.05) is 182 Å². The minimum Gasteiger partial charge on any atom is -0.484 e. The molecule has 704 valence electrons. The van der Waals surface area contributed by atoms with Gasteiger partial charge in [0.1, 0.15) is 47.1 Å². The predicted molar refractivity (Wildman–Crippen MR) is 491 cm³/mol. The molecule has 7 atom stereocenters. The summed E-state index contributed by atoms with van der Waals surface area (Å²) >= 11 is 0. The Morgan fingerprint density at radius 3 is 0.891 bits per heavy atom. The lowest BCUT2D eigenvalue weighted by atomic mass is 9.83. The smallest absolute Gasteiger partial charge is 0.220 e. The normalized spacial score (nSPS) is 19.7. The number of carbonyl (C=O) groups is 3. The maximum Gasteiger partial charge on any atom is 0.220 e. The third kappa shape index (κ3) is 32.1. The lowest BCUT2D eigenvalue weighted by Crippen LogP contribution is -2.43. The van der Waals surface area contributed by atoms with Gasteiger partial charge >= 0.3 is 0 Å². The van der Waals surface area contributed by atoms with Gasteiger partial charge in [0.2, 0.25) is 5.91 Å². The first-order valence-electron chi connectivity index (χ1n) is 47.1. The molecule has 0 spiro atoms. The van der Waals surface area contributed by atoms with E-state index in [2.05, 4.69) is 92.8 Å². The average Bonchev–Trinajstić information content (AvgIpc) is 1.64. The number of fused-ring (bicyclic) bond motifs is 3. The van der Waals surface area contributed by atoms with E-state index in [-0.39, 0.29) is 183 Å². The molecule has 26 nitrogen and oxygen atoms in total. The molecule has 0 radical (unpaired) electrons. The number of benzene rings is 6. The minimum absolute atomic E-state index is 0.00233. The van der Waals surface area contributed by atoms with E-state index in [0.29, 0.717) is 129 Å². The number of hydrogen-bond donors (Lipinski definition) is 2. The Kier molecular flexibility index (Phi) is 41.3. The van der Waals surface area contributed by atoms with E-state index >= 15 is 0 Å². The Labute approximate surface area is 760 Å². The molecular weight excluding hydrogens is 1690 g/mol. The maximum absolute atomic E-state index is 13.3. The number of piperidine rings is 3. The first kappa shape index (κ1) is 99.9. The van der Waals surface area contributed by atoms with Crippen LogP contribution in [0, 0.1) is 0 Å². The molecule has 2 unspecified atom stereocenters. The fraction of sp³-hybridized carbons (Fsp3) is 0.606. The number of Topliss-reactive ketones (excluding diaryl/α,β-unsaturated/α-hetero) is 2. The van der Waals surface area contributed by atoms with Gasteiger partial charge in [0.25, 0.3) is 0 Å². The topological polar surface area (TPSA) is 312 Å². The second-order valence-corrected chi connectivity index (χ2v) is 41.1. The van der Waals surface area contributed by atoms with Gasteiger partial charge in [-0.2, -0.15) is 0 Å². The molecule has 3 fully saturated rings. The molecule has 128 heavy (non-hydrogen) atoms. The van der Waals surface area contributed by atoms with E-state index in [0.717, 1.165) is 58.5 Å². The summed E-state index contributed by atoms with van der Waals surface area (Å²) in [7, 11) is -10.6. The molecule has 3 N–H and O–H groups in total. The number of hydrogen-bond acceptors (Lipinski definition) is 25. The summed E-state index contributed by atoms with van der Waals surface area (Å²) in [6, 6.07) is 46.5. The van der Waals surface area contributed by atoms with Crippen molar-refractivity contribution in [3.63, 3.8) is 0 Å². The van der Waals surface area contributed by atoms with E-state index in [1.807, 2.05) is 0 Å². The fourth-order valence-electron chi connectivity index (χ4n) is 18.3. The van der Waals surface area contributed by atoms with Crippen LogP contribution in [-0.4, -0.2) is 263 Å². The van der Waals surface area contributed by atoms with Crippen LogP contribution in [0.5, 0.6) is 17.2 Å². The molecule has 12 rings (SSSR count). The Balaban J connectivity index is 0.485. The third-order valence-electron chi connectivity index (χ3n) is 25.4. The van der Waals surface area contributed by atoms with Crippen molar-refractivity contribution in [2.45, 2.75) is 217 Å². The van der Waals surface area contributed by atoms with Crippen molar-refractivity contribution in [3.8, 4) is 17.2 Å². The number of carbonyl (C=O) groups excluding carboxylic acids is 3. The number of ketones is 2. The molecule has 6 aliphatic rings. The van der Waals surface area contributed by atoms with Gasteiger partial charge < -0.3 is 67.9 Å². The zero-order valence-electron chi connectivity index (χ0n) is 75.0. The van der Waals surface area contributed by atoms with Gasteiger partial charge in [-0.15, -0.1) is 0 Å². The minimum atomic E-state index is -3.54. The standard InChI is InChI=1S/C99H139N5O21S3/c100-99(44-41-81(105)24-16-54-114-60-66-120-68-62-116-56-18-72-126(108,109)86-35-29-83(30-36-86)123-96-89-26-7-4-21-78(89)75-92(96)102-48-10-1-11-49-102,45-42-82(106)25-17-55-115-61-67-121-69-63-117-57-19-73-127(110,111)87-37-31-84(32-38-87)124-97-90-27-8-5-22-79(90)76-93(97)103-50-12-2-13-51-103)46-43-95(107)101-47-59-119-65-71-122-70-64-118-58-20-74-128(112,113)88-39-33-85(34-40-88)125-98-91-28-9-6-23-80(91)77-94(98)104-52-14-3-15-53-104/h4-9,21-23,26-40,92-94,96-98H,1-3,10-20,24-25,41-77,100H2,(H,101,107)/t92-,93?,94-,96-,97-,98-,99?/m0/s1. The number of nitrogens with zero attached hydrogens (tertiary/aromatic N) is 3. The summed E-state index contributed by atoms with van der Waals surface area (Å²) in [6.07, 6.45) is 17.1. The van der Waals surface area contributed by atoms with Crippen LogP contribution in [0.4, 0.5) is 0 Å². The van der Waals surface area contributed by atoms with Crippen LogP contribution in [0.15, 0.2) is 160 Å². The van der Waals surface area contributed by atoms with Crippen molar-refractivity contribution in [3.05, 3.63) is 179 Å². The number of rotatable bonds is 62. The van der Waals surface area contributed by atoms with Crippen molar-refractivity contribution < 1.29 is 96.5 Å². The monoisotopic (exact) mass is 1830 g/mol. The van der Waals surface area contributed by atoms with Gasteiger partial charge in [-0.1, -0.05) is 92.1 Å². The van der Waals surface area contributed by atoms with Crippen LogP contribution in [0.3, 0.4) is 0 Å². The molecule has 29 heteroatoms. The van der Waals surface area contributed by atoms with Crippen LogP contribution < -0.4 is 25.3 Å². The molecule has 0 saturated carbocycles. The quantitative estimate of drug-likeness (QED) is 0.0335. The summed E-state index contributed by atoms with van der Waals surface area (Å²) < 4.78 is 151. The summed E-state index contributed by atoms with van der Waals surface area (Å²) in [5.74, 6) is 1.55. The number of ether oxygens (including phenoxy) is 12. The molecule has 3 saturated heterocycles. The molecule has 0 bridgehead atoms. The Hall–Kier alpha value is -7.14. The number of sulfone groups is 3. The maximum atomic E-state index is 13.3. The summed E-state index contributed by atoms with van der Waals surface area (Å²) in [5.41, 5.74) is 13.6. The molecular formula is C99H139N5O21S3. The Bertz CT molecular complexity index is 4200. The number of likely N-dealkylation sites (tertiary alicyclic amines) is 3. The second-order valence-electron chi connectivity index (χ2n) is 34.8. The fourth-order valence-corrected chi connectivity index (χ4v) is 22.1. The van der Waals surface area contributed by atoms with Crippen LogP contribution in [0.1, 0.15) is 193 Å².